The lowest BCUT2D eigenvalue weighted by molar-refractivity contribution is -0.139. The summed E-state index contributed by atoms with van der Waals surface area (Å²) in [7, 11) is 1.33. The Morgan fingerprint density at radius 1 is 1.56 bits per heavy atom. The molecule has 18 heavy (non-hydrogen) atoms. The highest BCUT2D eigenvalue weighted by Crippen LogP contribution is 2.27. The van der Waals surface area contributed by atoms with Gasteiger partial charge in [0.1, 0.15) is 10.8 Å². The summed E-state index contributed by atoms with van der Waals surface area (Å²) in [6, 6.07) is 4.40. The second-order valence-electron chi connectivity index (χ2n) is 3.53. The first kappa shape index (κ1) is 13.0. The molecule has 0 aliphatic rings. The lowest BCUT2D eigenvalue weighted by Crippen LogP contribution is -2.04. The van der Waals surface area contributed by atoms with Crippen LogP contribution in [0.3, 0.4) is 0 Å². The van der Waals surface area contributed by atoms with Crippen LogP contribution in [0.5, 0.6) is 0 Å². The summed E-state index contributed by atoms with van der Waals surface area (Å²) in [4.78, 5) is 15.4. The van der Waals surface area contributed by atoms with Crippen LogP contribution in [0.25, 0.3) is 10.6 Å². The second-order valence-corrected chi connectivity index (χ2v) is 4.79. The molecule has 1 heterocycles. The van der Waals surface area contributed by atoms with E-state index in [0.717, 1.165) is 5.56 Å². The number of methoxy groups -OCH3 is 1. The summed E-state index contributed by atoms with van der Waals surface area (Å²) in [5.74, 6) is -0.809. The van der Waals surface area contributed by atoms with Gasteiger partial charge in [-0.05, 0) is 18.2 Å². The Labute approximate surface area is 112 Å². The van der Waals surface area contributed by atoms with Gasteiger partial charge in [-0.2, -0.15) is 0 Å². The average molecular weight is 286 g/mol. The van der Waals surface area contributed by atoms with Crippen LogP contribution in [0.2, 0.25) is 5.02 Å². The lowest BCUT2D eigenvalue weighted by atomic mass is 10.2. The molecule has 2 rings (SSSR count). The first-order valence-electron chi connectivity index (χ1n) is 5.07. The predicted molar refractivity (Wildman–Crippen MR) is 68.2 cm³/mol. The smallest absolute Gasteiger partial charge is 0.311 e. The molecule has 3 nitrogen and oxygen atoms in total. The van der Waals surface area contributed by atoms with Gasteiger partial charge in [0.25, 0.3) is 0 Å². The van der Waals surface area contributed by atoms with Crippen molar-refractivity contribution in [2.75, 3.05) is 7.11 Å². The molecule has 0 amide bonds. The number of hydrogen-bond acceptors (Lipinski definition) is 4. The highest BCUT2D eigenvalue weighted by Gasteiger charge is 2.10. The van der Waals surface area contributed by atoms with Crippen molar-refractivity contribution in [3.8, 4) is 10.6 Å². The van der Waals surface area contributed by atoms with E-state index in [1.54, 1.807) is 11.4 Å². The SMILES string of the molecule is COC(=O)Cc1csc(-c2ccc(F)c(Cl)c2)n1. The van der Waals surface area contributed by atoms with Crippen LogP contribution in [0.15, 0.2) is 23.6 Å². The number of benzene rings is 1. The fourth-order valence-electron chi connectivity index (χ4n) is 1.37. The Hall–Kier alpha value is -1.46. The van der Waals surface area contributed by atoms with Gasteiger partial charge >= 0.3 is 5.97 Å². The van der Waals surface area contributed by atoms with E-state index in [9.17, 15) is 9.18 Å². The standard InChI is InChI=1S/C12H9ClFNO2S/c1-17-11(16)5-8-6-18-12(15-8)7-2-3-10(14)9(13)4-7/h2-4,6H,5H2,1H3. The number of thiazole rings is 1. The van der Waals surface area contributed by atoms with Crippen LogP contribution < -0.4 is 0 Å². The van der Waals surface area contributed by atoms with Gasteiger partial charge in [-0.15, -0.1) is 11.3 Å². The van der Waals surface area contributed by atoms with Crippen molar-refractivity contribution < 1.29 is 13.9 Å². The van der Waals surface area contributed by atoms with Crippen LogP contribution in [0.4, 0.5) is 4.39 Å². The molecule has 1 aromatic heterocycles. The molecular weight excluding hydrogens is 277 g/mol. The predicted octanol–water partition coefficient (Wildman–Crippen LogP) is 3.32. The third-order valence-corrected chi connectivity index (χ3v) is 3.50. The zero-order chi connectivity index (χ0) is 13.1. The molecule has 0 atom stereocenters. The van der Waals surface area contributed by atoms with Crippen molar-refractivity contribution in [3.05, 3.63) is 40.1 Å². The molecule has 0 unspecified atom stereocenters. The molecule has 0 bridgehead atoms. The number of aromatic nitrogens is 1. The van der Waals surface area contributed by atoms with Crippen molar-refractivity contribution in [2.45, 2.75) is 6.42 Å². The third kappa shape index (κ3) is 2.86. The Kier molecular flexibility index (Phi) is 3.93. The number of esters is 1. The quantitative estimate of drug-likeness (QED) is 0.812. The van der Waals surface area contributed by atoms with Crippen LogP contribution in [0.1, 0.15) is 5.69 Å². The molecule has 1 aromatic carbocycles. The Morgan fingerprint density at radius 2 is 2.33 bits per heavy atom. The van der Waals surface area contributed by atoms with Crippen molar-refractivity contribution >= 4 is 28.9 Å². The minimum Gasteiger partial charge on any atom is -0.469 e. The fourth-order valence-corrected chi connectivity index (χ4v) is 2.37. The normalized spacial score (nSPS) is 10.4. The number of rotatable bonds is 3. The molecular formula is C12H9ClFNO2S. The van der Waals surface area contributed by atoms with Crippen molar-refractivity contribution in [2.24, 2.45) is 0 Å². The highest BCUT2D eigenvalue weighted by atomic mass is 35.5. The van der Waals surface area contributed by atoms with Crippen LogP contribution in [-0.2, 0) is 16.0 Å². The second kappa shape index (κ2) is 5.46. The summed E-state index contributed by atoms with van der Waals surface area (Å²) < 4.78 is 17.6. The van der Waals surface area contributed by atoms with Gasteiger partial charge in [0.2, 0.25) is 0 Å². The van der Waals surface area contributed by atoms with E-state index < -0.39 is 5.82 Å². The molecule has 0 saturated heterocycles. The largest absolute Gasteiger partial charge is 0.469 e. The number of carbonyl (C=O) groups excluding carboxylic acids is 1. The Balaban J connectivity index is 2.23. The van der Waals surface area contributed by atoms with Crippen molar-refractivity contribution in [1.82, 2.24) is 4.98 Å². The highest BCUT2D eigenvalue weighted by molar-refractivity contribution is 7.13. The number of ether oxygens (including phenoxy) is 1. The summed E-state index contributed by atoms with van der Waals surface area (Å²) in [6.07, 6.45) is 0.127. The minimum absolute atomic E-state index is 0.0530. The van der Waals surface area contributed by atoms with E-state index >= 15 is 0 Å². The maximum atomic E-state index is 13.0. The number of halogens is 2. The fraction of sp³-hybridized carbons (Fsp3) is 0.167. The molecule has 0 aliphatic heterocycles. The monoisotopic (exact) mass is 285 g/mol. The molecule has 0 spiro atoms. The zero-order valence-electron chi connectivity index (χ0n) is 9.44. The topological polar surface area (TPSA) is 39.2 Å². The molecule has 0 saturated carbocycles. The lowest BCUT2D eigenvalue weighted by Gasteiger charge is -1.98. The zero-order valence-corrected chi connectivity index (χ0v) is 11.0. The van der Waals surface area contributed by atoms with Gasteiger partial charge < -0.3 is 4.74 Å². The third-order valence-electron chi connectivity index (χ3n) is 2.27. The molecule has 0 N–H and O–H groups in total. The summed E-state index contributed by atoms with van der Waals surface area (Å²) >= 11 is 7.07. The number of nitrogens with zero attached hydrogens (tertiary/aromatic N) is 1. The van der Waals surface area contributed by atoms with Gasteiger partial charge in [0, 0.05) is 10.9 Å². The van der Waals surface area contributed by atoms with E-state index in [-0.39, 0.29) is 17.4 Å². The van der Waals surface area contributed by atoms with Gasteiger partial charge in [0.15, 0.2) is 0 Å². The van der Waals surface area contributed by atoms with Gasteiger partial charge in [-0.25, -0.2) is 9.37 Å². The minimum atomic E-state index is -0.466. The molecule has 0 aliphatic carbocycles. The average Bonchev–Trinajstić information content (AvgIpc) is 2.81. The summed E-state index contributed by atoms with van der Waals surface area (Å²) in [5.41, 5.74) is 1.35. The molecule has 94 valence electrons. The molecule has 6 heteroatoms. The van der Waals surface area contributed by atoms with Crippen LogP contribution >= 0.6 is 22.9 Å². The molecule has 0 radical (unpaired) electrons. The van der Waals surface area contributed by atoms with E-state index in [0.29, 0.717) is 10.7 Å². The van der Waals surface area contributed by atoms with Crippen molar-refractivity contribution in [1.29, 1.82) is 0 Å². The maximum absolute atomic E-state index is 13.0. The van der Waals surface area contributed by atoms with Crippen LogP contribution in [-0.4, -0.2) is 18.1 Å². The van der Waals surface area contributed by atoms with Gasteiger partial charge in [-0.3, -0.25) is 4.79 Å². The van der Waals surface area contributed by atoms with Gasteiger partial charge in [0.05, 0.1) is 24.2 Å². The summed E-state index contributed by atoms with van der Waals surface area (Å²) in [5, 5.41) is 2.51. The van der Waals surface area contributed by atoms with Gasteiger partial charge in [-0.1, -0.05) is 11.6 Å². The van der Waals surface area contributed by atoms with E-state index in [2.05, 4.69) is 9.72 Å². The number of carbonyl (C=O) groups is 1. The van der Waals surface area contributed by atoms with Crippen molar-refractivity contribution in [3.63, 3.8) is 0 Å². The maximum Gasteiger partial charge on any atom is 0.311 e. The first-order chi connectivity index (χ1) is 8.60. The van der Waals surface area contributed by atoms with E-state index in [1.165, 1.54) is 30.6 Å². The Morgan fingerprint density at radius 3 is 3.00 bits per heavy atom. The first-order valence-corrected chi connectivity index (χ1v) is 6.32. The molecule has 0 fully saturated rings. The van der Waals surface area contributed by atoms with E-state index in [1.807, 2.05) is 0 Å². The van der Waals surface area contributed by atoms with Crippen LogP contribution in [0, 0.1) is 5.82 Å². The van der Waals surface area contributed by atoms with E-state index in [4.69, 9.17) is 11.6 Å². The molecule has 2 aromatic rings. The number of hydrogen-bond donors (Lipinski definition) is 0. The Bertz CT molecular complexity index is 585. The summed E-state index contributed by atoms with van der Waals surface area (Å²) in [6.45, 7) is 0.